The summed E-state index contributed by atoms with van der Waals surface area (Å²) in [5.74, 6) is 0.376. The Balaban J connectivity index is 2.68. The lowest BCUT2D eigenvalue weighted by atomic mass is 10.2. The first-order chi connectivity index (χ1) is 7.01. The summed E-state index contributed by atoms with van der Waals surface area (Å²) in [6.07, 6.45) is 1.59. The molecule has 0 aliphatic carbocycles. The second-order valence-corrected chi connectivity index (χ2v) is 6.40. The van der Waals surface area contributed by atoms with Crippen molar-refractivity contribution in [3.63, 3.8) is 0 Å². The van der Waals surface area contributed by atoms with Crippen LogP contribution in [0.4, 0.5) is 0 Å². The first-order valence-corrected chi connectivity index (χ1v) is 7.32. The van der Waals surface area contributed by atoms with Gasteiger partial charge in [0.1, 0.15) is 0 Å². The van der Waals surface area contributed by atoms with Gasteiger partial charge in [-0.2, -0.15) is 4.31 Å². The smallest absolute Gasteiger partial charge is 0.214 e. The van der Waals surface area contributed by atoms with Crippen molar-refractivity contribution in [2.45, 2.75) is 25.8 Å². The highest BCUT2D eigenvalue weighted by molar-refractivity contribution is 7.89. The van der Waals surface area contributed by atoms with Crippen LogP contribution in [0.3, 0.4) is 0 Å². The number of aliphatic hydroxyl groups is 1. The molecule has 1 saturated heterocycles. The third-order valence-electron chi connectivity index (χ3n) is 2.65. The second kappa shape index (κ2) is 5.48. The molecule has 6 heteroatoms. The van der Waals surface area contributed by atoms with E-state index < -0.39 is 10.0 Å². The maximum Gasteiger partial charge on any atom is 0.214 e. The molecule has 0 amide bonds. The molecule has 2 unspecified atom stereocenters. The minimum absolute atomic E-state index is 0.0448. The normalized spacial score (nSPS) is 25.7. The Kier molecular flexibility index (Phi) is 4.83. The molecule has 1 rings (SSSR count). The molecule has 15 heavy (non-hydrogen) atoms. The van der Waals surface area contributed by atoms with Crippen molar-refractivity contribution in [2.24, 2.45) is 5.92 Å². The summed E-state index contributed by atoms with van der Waals surface area (Å²) in [6.45, 7) is 2.26. The SMILES string of the molecule is CC(CCl)CS(=O)(=O)N1CCCC1CO. The maximum atomic E-state index is 11.9. The minimum atomic E-state index is -3.24. The topological polar surface area (TPSA) is 57.6 Å². The van der Waals surface area contributed by atoms with Crippen LogP contribution in [0.25, 0.3) is 0 Å². The fourth-order valence-corrected chi connectivity index (χ4v) is 4.16. The van der Waals surface area contributed by atoms with Crippen LogP contribution in [0.2, 0.25) is 0 Å². The Hall–Kier alpha value is 0.160. The Morgan fingerprint density at radius 1 is 1.60 bits per heavy atom. The van der Waals surface area contributed by atoms with E-state index in [-0.39, 0.29) is 24.3 Å². The zero-order valence-corrected chi connectivity index (χ0v) is 10.5. The molecular formula is C9H18ClNO3S. The molecule has 0 radical (unpaired) electrons. The quantitative estimate of drug-likeness (QED) is 0.734. The molecule has 1 aliphatic rings. The highest BCUT2D eigenvalue weighted by Crippen LogP contribution is 2.22. The van der Waals surface area contributed by atoms with Gasteiger partial charge in [-0.05, 0) is 18.8 Å². The number of nitrogens with zero attached hydrogens (tertiary/aromatic N) is 1. The summed E-state index contributed by atoms with van der Waals surface area (Å²) in [4.78, 5) is 0. The summed E-state index contributed by atoms with van der Waals surface area (Å²) in [7, 11) is -3.24. The van der Waals surface area contributed by atoms with Gasteiger partial charge in [-0.3, -0.25) is 0 Å². The van der Waals surface area contributed by atoms with Crippen molar-refractivity contribution in [1.29, 1.82) is 0 Å². The predicted molar refractivity (Wildman–Crippen MR) is 60.5 cm³/mol. The van der Waals surface area contributed by atoms with Crippen LogP contribution in [-0.4, -0.2) is 48.7 Å². The van der Waals surface area contributed by atoms with Crippen molar-refractivity contribution in [3.05, 3.63) is 0 Å². The monoisotopic (exact) mass is 255 g/mol. The average Bonchev–Trinajstić information content (AvgIpc) is 2.65. The van der Waals surface area contributed by atoms with Crippen LogP contribution < -0.4 is 0 Å². The first kappa shape index (κ1) is 13.2. The molecule has 0 aromatic heterocycles. The number of rotatable bonds is 5. The molecule has 1 N–H and O–H groups in total. The van der Waals surface area contributed by atoms with E-state index in [1.54, 1.807) is 0 Å². The number of sulfonamides is 1. The third kappa shape index (κ3) is 3.31. The molecule has 0 saturated carbocycles. The molecule has 1 heterocycles. The zero-order valence-electron chi connectivity index (χ0n) is 8.89. The van der Waals surface area contributed by atoms with Crippen molar-refractivity contribution in [2.75, 3.05) is 24.8 Å². The fourth-order valence-electron chi connectivity index (χ4n) is 1.86. The van der Waals surface area contributed by atoms with Crippen LogP contribution in [0.15, 0.2) is 0 Å². The van der Waals surface area contributed by atoms with Crippen LogP contribution in [0.5, 0.6) is 0 Å². The van der Waals surface area contributed by atoms with Gasteiger partial charge in [-0.15, -0.1) is 11.6 Å². The molecular weight excluding hydrogens is 238 g/mol. The number of hydrogen-bond donors (Lipinski definition) is 1. The molecule has 0 bridgehead atoms. The highest BCUT2D eigenvalue weighted by Gasteiger charge is 2.34. The van der Waals surface area contributed by atoms with Gasteiger partial charge in [0.25, 0.3) is 0 Å². The van der Waals surface area contributed by atoms with Gasteiger partial charge < -0.3 is 5.11 Å². The van der Waals surface area contributed by atoms with E-state index in [1.807, 2.05) is 6.92 Å². The predicted octanol–water partition coefficient (Wildman–Crippen LogP) is 0.648. The summed E-state index contributed by atoms with van der Waals surface area (Å²) >= 11 is 5.60. The molecule has 2 atom stereocenters. The maximum absolute atomic E-state index is 11.9. The molecule has 4 nitrogen and oxygen atoms in total. The largest absolute Gasteiger partial charge is 0.395 e. The lowest BCUT2D eigenvalue weighted by Gasteiger charge is -2.23. The highest BCUT2D eigenvalue weighted by atomic mass is 35.5. The van der Waals surface area contributed by atoms with Crippen LogP contribution in [0, 0.1) is 5.92 Å². The molecule has 90 valence electrons. The number of aliphatic hydroxyl groups excluding tert-OH is 1. The lowest BCUT2D eigenvalue weighted by Crippen LogP contribution is -2.40. The van der Waals surface area contributed by atoms with E-state index in [9.17, 15) is 8.42 Å². The van der Waals surface area contributed by atoms with Crippen LogP contribution in [-0.2, 0) is 10.0 Å². The van der Waals surface area contributed by atoms with E-state index >= 15 is 0 Å². The summed E-state index contributed by atoms with van der Waals surface area (Å²) in [5.41, 5.74) is 0. The van der Waals surface area contributed by atoms with Gasteiger partial charge in [0, 0.05) is 18.5 Å². The van der Waals surface area contributed by atoms with Crippen molar-refractivity contribution >= 4 is 21.6 Å². The minimum Gasteiger partial charge on any atom is -0.395 e. The third-order valence-corrected chi connectivity index (χ3v) is 5.36. The fraction of sp³-hybridized carbons (Fsp3) is 1.00. The lowest BCUT2D eigenvalue weighted by molar-refractivity contribution is 0.213. The van der Waals surface area contributed by atoms with Crippen LogP contribution in [0.1, 0.15) is 19.8 Å². The summed E-state index contributed by atoms with van der Waals surface area (Å²) in [5, 5.41) is 9.06. The van der Waals surface area contributed by atoms with Gasteiger partial charge >= 0.3 is 0 Å². The van der Waals surface area contributed by atoms with Gasteiger partial charge in [0.05, 0.1) is 12.4 Å². The standard InChI is InChI=1S/C9H18ClNO3S/c1-8(5-10)7-15(13,14)11-4-2-3-9(11)6-12/h8-9,12H,2-7H2,1H3. The zero-order chi connectivity index (χ0) is 11.5. The summed E-state index contributed by atoms with van der Waals surface area (Å²) < 4.78 is 25.3. The summed E-state index contributed by atoms with van der Waals surface area (Å²) in [6, 6.07) is -0.225. The number of halogens is 1. The number of hydrogen-bond acceptors (Lipinski definition) is 3. The van der Waals surface area contributed by atoms with Gasteiger partial charge in [0.2, 0.25) is 10.0 Å². The average molecular weight is 256 g/mol. The van der Waals surface area contributed by atoms with E-state index in [1.165, 1.54) is 4.31 Å². The number of alkyl halides is 1. The Labute approximate surface area is 96.3 Å². The molecule has 0 spiro atoms. The molecule has 0 aromatic carbocycles. The molecule has 1 fully saturated rings. The van der Waals surface area contributed by atoms with E-state index in [0.717, 1.165) is 12.8 Å². The van der Waals surface area contributed by atoms with Crippen LogP contribution >= 0.6 is 11.6 Å². The van der Waals surface area contributed by atoms with Gasteiger partial charge in [-0.25, -0.2) is 8.42 Å². The molecule has 1 aliphatic heterocycles. The second-order valence-electron chi connectivity index (χ2n) is 4.13. The van der Waals surface area contributed by atoms with Crippen molar-refractivity contribution < 1.29 is 13.5 Å². The molecule has 0 aromatic rings. The Bertz CT molecular complexity index is 294. The van der Waals surface area contributed by atoms with Crippen molar-refractivity contribution in [3.8, 4) is 0 Å². The van der Waals surface area contributed by atoms with E-state index in [0.29, 0.717) is 12.4 Å². The Morgan fingerprint density at radius 3 is 2.80 bits per heavy atom. The van der Waals surface area contributed by atoms with Gasteiger partial charge in [-0.1, -0.05) is 6.92 Å². The van der Waals surface area contributed by atoms with Gasteiger partial charge in [0.15, 0.2) is 0 Å². The van der Waals surface area contributed by atoms with E-state index in [2.05, 4.69) is 0 Å². The van der Waals surface area contributed by atoms with Crippen molar-refractivity contribution in [1.82, 2.24) is 4.31 Å². The first-order valence-electron chi connectivity index (χ1n) is 5.17. The Morgan fingerprint density at radius 2 is 2.27 bits per heavy atom. The van der Waals surface area contributed by atoms with E-state index in [4.69, 9.17) is 16.7 Å².